The number of carbonyl (C=O) groups excluding carboxylic acids is 1. The highest BCUT2D eigenvalue weighted by atomic mass is 19.2. The monoisotopic (exact) mass is 272 g/mol. The fraction of sp³-hybridized carbons (Fsp3) is 0.417. The van der Waals surface area contributed by atoms with E-state index < -0.39 is 29.7 Å². The molecule has 2 atom stereocenters. The maximum Gasteiger partial charge on any atom is 0.238 e. The van der Waals surface area contributed by atoms with Gasteiger partial charge in [0, 0.05) is 24.8 Å². The Balaban J connectivity index is 1.89. The van der Waals surface area contributed by atoms with E-state index in [4.69, 9.17) is 0 Å². The Bertz CT molecular complexity index is 474. The first-order chi connectivity index (χ1) is 8.95. The number of rotatable bonds is 3. The molecule has 1 aliphatic heterocycles. The first-order valence-electron chi connectivity index (χ1n) is 5.79. The molecule has 2 rings (SSSR count). The van der Waals surface area contributed by atoms with Gasteiger partial charge < -0.3 is 15.5 Å². The van der Waals surface area contributed by atoms with Crippen LogP contribution in [-0.2, 0) is 4.79 Å². The zero-order valence-electron chi connectivity index (χ0n) is 10.0. The molecule has 7 heteroatoms. The largest absolute Gasteiger partial charge is 0.389 e. The number of aliphatic hydroxyl groups excluding tert-OH is 2. The predicted octanol–water partition coefficient (Wildman–Crippen LogP) is -0.0593. The molecule has 0 aliphatic carbocycles. The summed E-state index contributed by atoms with van der Waals surface area (Å²) in [7, 11) is 0. The molecule has 5 nitrogen and oxygen atoms in total. The van der Waals surface area contributed by atoms with Crippen molar-refractivity contribution in [3.8, 4) is 0 Å². The molecule has 1 aromatic carbocycles. The number of halogens is 2. The van der Waals surface area contributed by atoms with Gasteiger partial charge in [-0.3, -0.25) is 9.69 Å². The lowest BCUT2D eigenvalue weighted by Crippen LogP contribution is -2.32. The number of hydrogen-bond acceptors (Lipinski definition) is 4. The maximum atomic E-state index is 12.9. The van der Waals surface area contributed by atoms with Gasteiger partial charge in [-0.15, -0.1) is 0 Å². The second kappa shape index (κ2) is 5.60. The standard InChI is InChI=1S/C12H14F2N2O3/c13-8-2-1-7(3-9(8)14)15-12(19)6-16-4-10(17)11(18)5-16/h1-3,10-11,17-18H,4-6H2,(H,15,19)/t10-,11+. The molecule has 0 bridgehead atoms. The van der Waals surface area contributed by atoms with Crippen LogP contribution in [0.4, 0.5) is 14.5 Å². The lowest BCUT2D eigenvalue weighted by Gasteiger charge is -2.14. The first-order valence-corrected chi connectivity index (χ1v) is 5.79. The molecule has 1 amide bonds. The number of β-amino-alcohol motifs (C(OH)–C–C–N with tert-alkyl or cyclic N) is 2. The molecule has 0 radical (unpaired) electrons. The van der Waals surface area contributed by atoms with E-state index in [-0.39, 0.29) is 25.3 Å². The number of amides is 1. The molecule has 1 fully saturated rings. The summed E-state index contributed by atoms with van der Waals surface area (Å²) in [5.74, 6) is -2.44. The van der Waals surface area contributed by atoms with E-state index in [0.717, 1.165) is 12.1 Å². The third kappa shape index (κ3) is 3.46. The number of carbonyl (C=O) groups is 1. The summed E-state index contributed by atoms with van der Waals surface area (Å²) in [6.45, 7) is 0.367. The third-order valence-electron chi connectivity index (χ3n) is 2.91. The minimum absolute atomic E-state index is 0.0346. The minimum atomic E-state index is -1.04. The molecule has 19 heavy (non-hydrogen) atoms. The van der Waals surface area contributed by atoms with Crippen molar-refractivity contribution in [2.45, 2.75) is 12.2 Å². The molecule has 1 saturated heterocycles. The van der Waals surface area contributed by atoms with Crippen LogP contribution in [0.1, 0.15) is 0 Å². The summed E-state index contributed by atoms with van der Waals surface area (Å²) >= 11 is 0. The molecule has 1 aliphatic rings. The van der Waals surface area contributed by atoms with Crippen LogP contribution in [-0.4, -0.2) is 52.9 Å². The Kier molecular flexibility index (Phi) is 4.08. The van der Waals surface area contributed by atoms with Crippen LogP contribution >= 0.6 is 0 Å². The molecule has 1 heterocycles. The van der Waals surface area contributed by atoms with Crippen molar-refractivity contribution < 1.29 is 23.8 Å². The molecular formula is C12H14F2N2O3. The van der Waals surface area contributed by atoms with E-state index in [0.29, 0.717) is 0 Å². The summed E-state index contributed by atoms with van der Waals surface area (Å²) in [4.78, 5) is 13.2. The summed E-state index contributed by atoms with van der Waals surface area (Å²) in [6, 6.07) is 3.07. The highest BCUT2D eigenvalue weighted by molar-refractivity contribution is 5.92. The van der Waals surface area contributed by atoms with Crippen LogP contribution < -0.4 is 5.32 Å². The van der Waals surface area contributed by atoms with Gasteiger partial charge in [0.15, 0.2) is 11.6 Å². The number of aliphatic hydroxyl groups is 2. The number of benzene rings is 1. The van der Waals surface area contributed by atoms with E-state index >= 15 is 0 Å². The molecule has 0 spiro atoms. The zero-order valence-corrected chi connectivity index (χ0v) is 10.0. The number of anilines is 1. The normalized spacial score (nSPS) is 23.6. The van der Waals surface area contributed by atoms with Crippen LogP contribution in [0.5, 0.6) is 0 Å². The molecule has 1 aromatic rings. The Hall–Kier alpha value is -1.57. The summed E-state index contributed by atoms with van der Waals surface area (Å²) in [6.07, 6.45) is -1.73. The van der Waals surface area contributed by atoms with Crippen molar-refractivity contribution >= 4 is 11.6 Å². The van der Waals surface area contributed by atoms with Crippen molar-refractivity contribution in [2.24, 2.45) is 0 Å². The lowest BCUT2D eigenvalue weighted by atomic mass is 10.3. The van der Waals surface area contributed by atoms with Gasteiger partial charge in [-0.2, -0.15) is 0 Å². The Morgan fingerprint density at radius 3 is 2.47 bits per heavy atom. The average Bonchev–Trinajstić information content (AvgIpc) is 2.63. The summed E-state index contributed by atoms with van der Waals surface area (Å²) < 4.78 is 25.6. The maximum absolute atomic E-state index is 12.9. The van der Waals surface area contributed by atoms with E-state index in [9.17, 15) is 23.8 Å². The number of hydrogen-bond donors (Lipinski definition) is 3. The molecule has 3 N–H and O–H groups in total. The predicted molar refractivity (Wildman–Crippen MR) is 63.4 cm³/mol. The zero-order chi connectivity index (χ0) is 14.0. The van der Waals surface area contributed by atoms with Gasteiger partial charge in [-0.05, 0) is 12.1 Å². The number of likely N-dealkylation sites (tertiary alicyclic amines) is 1. The number of nitrogens with one attached hydrogen (secondary N) is 1. The van der Waals surface area contributed by atoms with Crippen molar-refractivity contribution in [3.63, 3.8) is 0 Å². The highest BCUT2D eigenvalue weighted by Gasteiger charge is 2.30. The van der Waals surface area contributed by atoms with Gasteiger partial charge in [-0.1, -0.05) is 0 Å². The second-order valence-corrected chi connectivity index (χ2v) is 4.51. The van der Waals surface area contributed by atoms with Gasteiger partial charge in [0.1, 0.15) is 0 Å². The van der Waals surface area contributed by atoms with E-state index in [2.05, 4.69) is 5.32 Å². The number of nitrogens with zero attached hydrogens (tertiary/aromatic N) is 1. The average molecular weight is 272 g/mol. The summed E-state index contributed by atoms with van der Waals surface area (Å²) in [5.41, 5.74) is 0.157. The first kappa shape index (κ1) is 13.9. The van der Waals surface area contributed by atoms with Gasteiger partial charge in [0.25, 0.3) is 0 Å². The molecule has 104 valence electrons. The second-order valence-electron chi connectivity index (χ2n) is 4.51. The fourth-order valence-corrected chi connectivity index (χ4v) is 1.95. The van der Waals surface area contributed by atoms with Crippen LogP contribution in [0.25, 0.3) is 0 Å². The van der Waals surface area contributed by atoms with Gasteiger partial charge in [-0.25, -0.2) is 8.78 Å². The Morgan fingerprint density at radius 2 is 1.89 bits per heavy atom. The van der Waals surface area contributed by atoms with Crippen molar-refractivity contribution in [1.82, 2.24) is 4.90 Å². The van der Waals surface area contributed by atoms with Gasteiger partial charge >= 0.3 is 0 Å². The van der Waals surface area contributed by atoms with E-state index in [1.54, 1.807) is 4.90 Å². The van der Waals surface area contributed by atoms with E-state index in [1.165, 1.54) is 6.07 Å². The van der Waals surface area contributed by atoms with Crippen LogP contribution in [0, 0.1) is 11.6 Å². The molecule has 0 unspecified atom stereocenters. The Labute approximate surface area is 108 Å². The highest BCUT2D eigenvalue weighted by Crippen LogP contribution is 2.14. The van der Waals surface area contributed by atoms with Crippen LogP contribution in [0.15, 0.2) is 18.2 Å². The molecular weight excluding hydrogens is 258 g/mol. The van der Waals surface area contributed by atoms with Gasteiger partial charge in [0.05, 0.1) is 18.8 Å². The fourth-order valence-electron chi connectivity index (χ4n) is 1.95. The molecule has 0 saturated carbocycles. The quantitative estimate of drug-likeness (QED) is 0.721. The third-order valence-corrected chi connectivity index (χ3v) is 2.91. The van der Waals surface area contributed by atoms with Crippen molar-refractivity contribution in [3.05, 3.63) is 29.8 Å². The molecule has 0 aromatic heterocycles. The SMILES string of the molecule is O=C(CN1C[C@@H](O)[C@@H](O)C1)Nc1ccc(F)c(F)c1. The van der Waals surface area contributed by atoms with Crippen molar-refractivity contribution in [1.29, 1.82) is 0 Å². The summed E-state index contributed by atoms with van der Waals surface area (Å²) in [5, 5.41) is 21.1. The van der Waals surface area contributed by atoms with Crippen LogP contribution in [0.2, 0.25) is 0 Å². The van der Waals surface area contributed by atoms with Gasteiger partial charge in [0.2, 0.25) is 5.91 Å². The van der Waals surface area contributed by atoms with Crippen LogP contribution in [0.3, 0.4) is 0 Å². The Morgan fingerprint density at radius 1 is 1.26 bits per heavy atom. The lowest BCUT2D eigenvalue weighted by molar-refractivity contribution is -0.117. The smallest absolute Gasteiger partial charge is 0.238 e. The van der Waals surface area contributed by atoms with Crippen molar-refractivity contribution in [2.75, 3.05) is 25.0 Å². The minimum Gasteiger partial charge on any atom is -0.389 e. The topological polar surface area (TPSA) is 72.8 Å². The van der Waals surface area contributed by atoms with E-state index in [1.807, 2.05) is 0 Å².